The molecule has 0 aliphatic heterocycles. The average Bonchev–Trinajstić information content (AvgIpc) is 2.85. The molecule has 0 bridgehead atoms. The third-order valence-corrected chi connectivity index (χ3v) is 2.53. The molecule has 2 aromatic heterocycles. The molecule has 2 rings (SSSR count). The largest absolute Gasteiger partial charge is 0.339 e. The number of hydrogen-bond donors (Lipinski definition) is 1. The predicted molar refractivity (Wildman–Crippen MR) is 55.0 cm³/mol. The SMILES string of the molecule is NCCCc1nc(-c2ccsc2)no1. The number of hydrogen-bond acceptors (Lipinski definition) is 5. The van der Waals surface area contributed by atoms with Crippen LogP contribution in [0, 0.1) is 0 Å². The van der Waals surface area contributed by atoms with E-state index in [4.69, 9.17) is 10.3 Å². The molecule has 0 aliphatic carbocycles. The lowest BCUT2D eigenvalue weighted by Crippen LogP contribution is -2.00. The summed E-state index contributed by atoms with van der Waals surface area (Å²) in [7, 11) is 0. The van der Waals surface area contributed by atoms with Gasteiger partial charge < -0.3 is 10.3 Å². The summed E-state index contributed by atoms with van der Waals surface area (Å²) in [5, 5.41) is 7.88. The fourth-order valence-corrected chi connectivity index (χ4v) is 1.75. The molecule has 4 nitrogen and oxygen atoms in total. The minimum Gasteiger partial charge on any atom is -0.339 e. The summed E-state index contributed by atoms with van der Waals surface area (Å²) in [4.78, 5) is 4.26. The summed E-state index contributed by atoms with van der Waals surface area (Å²) < 4.78 is 5.08. The van der Waals surface area contributed by atoms with Gasteiger partial charge in [-0.25, -0.2) is 0 Å². The molecule has 0 amide bonds. The van der Waals surface area contributed by atoms with Crippen molar-refractivity contribution >= 4 is 11.3 Å². The van der Waals surface area contributed by atoms with E-state index in [2.05, 4.69) is 10.1 Å². The Balaban J connectivity index is 2.10. The van der Waals surface area contributed by atoms with Gasteiger partial charge in [0.2, 0.25) is 11.7 Å². The molecule has 0 saturated carbocycles. The van der Waals surface area contributed by atoms with E-state index in [1.165, 1.54) is 0 Å². The predicted octanol–water partition coefficient (Wildman–Crippen LogP) is 1.69. The lowest BCUT2D eigenvalue weighted by atomic mass is 10.3. The Bertz CT molecular complexity index is 382. The second-order valence-corrected chi connectivity index (χ2v) is 3.70. The lowest BCUT2D eigenvalue weighted by Gasteiger charge is -1.88. The van der Waals surface area contributed by atoms with Crippen molar-refractivity contribution in [2.24, 2.45) is 5.73 Å². The molecule has 74 valence electrons. The van der Waals surface area contributed by atoms with Crippen LogP contribution in [0.5, 0.6) is 0 Å². The monoisotopic (exact) mass is 209 g/mol. The topological polar surface area (TPSA) is 64.9 Å². The van der Waals surface area contributed by atoms with Gasteiger partial charge in [0.05, 0.1) is 0 Å². The number of aryl methyl sites for hydroxylation is 1. The zero-order valence-corrected chi connectivity index (χ0v) is 8.46. The van der Waals surface area contributed by atoms with Crippen LogP contribution in [0.1, 0.15) is 12.3 Å². The van der Waals surface area contributed by atoms with Crippen molar-refractivity contribution in [1.82, 2.24) is 10.1 Å². The highest BCUT2D eigenvalue weighted by molar-refractivity contribution is 7.08. The Morgan fingerprint density at radius 2 is 2.43 bits per heavy atom. The van der Waals surface area contributed by atoms with Crippen LogP contribution >= 0.6 is 11.3 Å². The van der Waals surface area contributed by atoms with Gasteiger partial charge in [-0.3, -0.25) is 0 Å². The van der Waals surface area contributed by atoms with E-state index in [9.17, 15) is 0 Å². The van der Waals surface area contributed by atoms with Crippen molar-refractivity contribution < 1.29 is 4.52 Å². The normalized spacial score (nSPS) is 10.6. The molecule has 0 aromatic carbocycles. The summed E-state index contributed by atoms with van der Waals surface area (Å²) >= 11 is 1.62. The molecule has 0 radical (unpaired) electrons. The van der Waals surface area contributed by atoms with Crippen molar-refractivity contribution in [1.29, 1.82) is 0 Å². The number of aromatic nitrogens is 2. The van der Waals surface area contributed by atoms with Gasteiger partial charge in [0.15, 0.2) is 0 Å². The fourth-order valence-electron chi connectivity index (χ4n) is 1.12. The van der Waals surface area contributed by atoms with Gasteiger partial charge >= 0.3 is 0 Å². The Hall–Kier alpha value is -1.20. The van der Waals surface area contributed by atoms with Crippen molar-refractivity contribution in [3.8, 4) is 11.4 Å². The van der Waals surface area contributed by atoms with Crippen LogP contribution in [0.15, 0.2) is 21.3 Å². The fraction of sp³-hybridized carbons (Fsp3) is 0.333. The highest BCUT2D eigenvalue weighted by Gasteiger charge is 2.07. The molecule has 14 heavy (non-hydrogen) atoms. The molecule has 0 spiro atoms. The molecule has 2 N–H and O–H groups in total. The number of nitrogens with two attached hydrogens (primary N) is 1. The maximum absolute atomic E-state index is 5.39. The van der Waals surface area contributed by atoms with Crippen LogP contribution in [-0.2, 0) is 6.42 Å². The Labute approximate surface area is 85.7 Å². The van der Waals surface area contributed by atoms with Crippen molar-refractivity contribution in [2.45, 2.75) is 12.8 Å². The third-order valence-electron chi connectivity index (χ3n) is 1.84. The average molecular weight is 209 g/mol. The van der Waals surface area contributed by atoms with E-state index >= 15 is 0 Å². The van der Waals surface area contributed by atoms with Gasteiger partial charge in [0, 0.05) is 17.4 Å². The number of nitrogens with zero attached hydrogens (tertiary/aromatic N) is 2. The van der Waals surface area contributed by atoms with E-state index in [0.717, 1.165) is 18.4 Å². The molecular weight excluding hydrogens is 198 g/mol. The lowest BCUT2D eigenvalue weighted by molar-refractivity contribution is 0.376. The second kappa shape index (κ2) is 4.34. The van der Waals surface area contributed by atoms with Gasteiger partial charge in [0.25, 0.3) is 0 Å². The quantitative estimate of drug-likeness (QED) is 0.832. The minimum atomic E-state index is 0.649. The minimum absolute atomic E-state index is 0.649. The smallest absolute Gasteiger partial charge is 0.227 e. The van der Waals surface area contributed by atoms with Crippen LogP contribution < -0.4 is 5.73 Å². The van der Waals surface area contributed by atoms with Gasteiger partial charge in [0.1, 0.15) is 0 Å². The zero-order valence-electron chi connectivity index (χ0n) is 7.64. The van der Waals surface area contributed by atoms with Crippen LogP contribution in [0.3, 0.4) is 0 Å². The molecule has 0 atom stereocenters. The summed E-state index contributed by atoms with van der Waals surface area (Å²) in [6.07, 6.45) is 1.64. The first-order chi connectivity index (χ1) is 6.90. The molecule has 0 aliphatic rings. The van der Waals surface area contributed by atoms with E-state index in [0.29, 0.717) is 18.3 Å². The van der Waals surface area contributed by atoms with Crippen molar-refractivity contribution in [3.63, 3.8) is 0 Å². The van der Waals surface area contributed by atoms with Gasteiger partial charge in [-0.15, -0.1) is 0 Å². The summed E-state index contributed by atoms with van der Waals surface area (Å²) in [6, 6.07) is 1.97. The van der Waals surface area contributed by atoms with Crippen LogP contribution in [0.25, 0.3) is 11.4 Å². The molecular formula is C9H11N3OS. The van der Waals surface area contributed by atoms with E-state index < -0.39 is 0 Å². The maximum atomic E-state index is 5.39. The van der Waals surface area contributed by atoms with Crippen molar-refractivity contribution in [2.75, 3.05) is 6.54 Å². The Morgan fingerprint density at radius 1 is 1.50 bits per heavy atom. The van der Waals surface area contributed by atoms with Crippen LogP contribution in [0.4, 0.5) is 0 Å². The highest BCUT2D eigenvalue weighted by atomic mass is 32.1. The van der Waals surface area contributed by atoms with E-state index in [1.807, 2.05) is 16.8 Å². The summed E-state index contributed by atoms with van der Waals surface area (Å²) in [6.45, 7) is 0.649. The van der Waals surface area contributed by atoms with E-state index in [1.54, 1.807) is 11.3 Å². The van der Waals surface area contributed by atoms with E-state index in [-0.39, 0.29) is 0 Å². The molecule has 0 fully saturated rings. The number of thiophene rings is 1. The van der Waals surface area contributed by atoms with Gasteiger partial charge in [-0.2, -0.15) is 16.3 Å². The van der Waals surface area contributed by atoms with Gasteiger partial charge in [-0.1, -0.05) is 5.16 Å². The molecule has 0 unspecified atom stereocenters. The van der Waals surface area contributed by atoms with Crippen LogP contribution in [-0.4, -0.2) is 16.7 Å². The highest BCUT2D eigenvalue weighted by Crippen LogP contribution is 2.18. The zero-order chi connectivity index (χ0) is 9.80. The Morgan fingerprint density at radius 3 is 3.14 bits per heavy atom. The van der Waals surface area contributed by atoms with Gasteiger partial charge in [-0.05, 0) is 24.4 Å². The Kier molecular flexibility index (Phi) is 2.90. The first-order valence-corrected chi connectivity index (χ1v) is 5.39. The third kappa shape index (κ3) is 2.00. The molecule has 2 aromatic rings. The standard InChI is InChI=1S/C9H11N3OS/c10-4-1-2-8-11-9(12-13-8)7-3-5-14-6-7/h3,5-6H,1-2,4,10H2. The van der Waals surface area contributed by atoms with Crippen LogP contribution in [0.2, 0.25) is 0 Å². The molecule has 5 heteroatoms. The summed E-state index contributed by atoms with van der Waals surface area (Å²) in [5.74, 6) is 1.33. The number of rotatable bonds is 4. The molecule has 2 heterocycles. The molecule has 0 saturated heterocycles. The maximum Gasteiger partial charge on any atom is 0.227 e. The second-order valence-electron chi connectivity index (χ2n) is 2.92. The first-order valence-electron chi connectivity index (χ1n) is 4.45. The van der Waals surface area contributed by atoms with Crippen molar-refractivity contribution in [3.05, 3.63) is 22.7 Å². The summed E-state index contributed by atoms with van der Waals surface area (Å²) in [5.41, 5.74) is 6.40. The first kappa shape index (κ1) is 9.36.